The smallest absolute Gasteiger partial charge is 0.189 e. The van der Waals surface area contributed by atoms with Gasteiger partial charge in [0.1, 0.15) is 12.2 Å². The summed E-state index contributed by atoms with van der Waals surface area (Å²) in [7, 11) is 0. The van der Waals surface area contributed by atoms with E-state index >= 15 is 0 Å². The Morgan fingerprint density at radius 1 is 1.27 bits per heavy atom. The Morgan fingerprint density at radius 3 is 2.73 bits per heavy atom. The molecule has 0 heterocycles. The summed E-state index contributed by atoms with van der Waals surface area (Å²) in [4.78, 5) is 11.0. The van der Waals surface area contributed by atoms with Gasteiger partial charge in [0.25, 0.3) is 0 Å². The van der Waals surface area contributed by atoms with Gasteiger partial charge >= 0.3 is 0 Å². The predicted molar refractivity (Wildman–Crippen MR) is 40.0 cm³/mol. The molecule has 0 aromatic rings. The molecule has 2 N–H and O–H groups in total. The van der Waals surface area contributed by atoms with E-state index in [4.69, 9.17) is 10.2 Å². The number of allylic oxidation sites excluding steroid dienone is 1. The summed E-state index contributed by atoms with van der Waals surface area (Å²) in [5, 5.41) is 18.2. The van der Waals surface area contributed by atoms with E-state index in [9.17, 15) is 4.79 Å². The van der Waals surface area contributed by atoms with E-state index in [1.54, 1.807) is 6.08 Å². The average molecular weight is 156 g/mol. The van der Waals surface area contributed by atoms with Crippen molar-refractivity contribution >= 4 is 5.78 Å². The van der Waals surface area contributed by atoms with Gasteiger partial charge in [-0.25, -0.2) is 0 Å². The molecular formula is C8H12O3. The van der Waals surface area contributed by atoms with Crippen LogP contribution in [0.15, 0.2) is 12.2 Å². The molecule has 0 amide bonds. The van der Waals surface area contributed by atoms with E-state index in [0.29, 0.717) is 19.3 Å². The van der Waals surface area contributed by atoms with Crippen LogP contribution in [-0.4, -0.2) is 28.2 Å². The first-order valence-corrected chi connectivity index (χ1v) is 3.76. The summed E-state index contributed by atoms with van der Waals surface area (Å²) in [6.45, 7) is 0. The zero-order valence-electron chi connectivity index (χ0n) is 6.23. The van der Waals surface area contributed by atoms with Crippen LogP contribution in [0.1, 0.15) is 19.3 Å². The van der Waals surface area contributed by atoms with Gasteiger partial charge in [0.05, 0.1) is 0 Å². The van der Waals surface area contributed by atoms with Crippen molar-refractivity contribution in [2.45, 2.75) is 31.5 Å². The van der Waals surface area contributed by atoms with Gasteiger partial charge in [-0.2, -0.15) is 0 Å². The zero-order valence-corrected chi connectivity index (χ0v) is 6.23. The van der Waals surface area contributed by atoms with Gasteiger partial charge in [-0.1, -0.05) is 12.2 Å². The Morgan fingerprint density at radius 2 is 2.00 bits per heavy atom. The van der Waals surface area contributed by atoms with Gasteiger partial charge in [-0.15, -0.1) is 0 Å². The maximum atomic E-state index is 11.0. The fraction of sp³-hybridized carbons (Fsp3) is 0.625. The molecule has 0 saturated carbocycles. The highest BCUT2D eigenvalue weighted by Crippen LogP contribution is 2.09. The first-order chi connectivity index (χ1) is 5.22. The van der Waals surface area contributed by atoms with Crippen LogP contribution in [0.2, 0.25) is 0 Å². The lowest BCUT2D eigenvalue weighted by Gasteiger charge is -2.14. The van der Waals surface area contributed by atoms with Crippen molar-refractivity contribution in [2.24, 2.45) is 0 Å². The van der Waals surface area contributed by atoms with Crippen LogP contribution in [0.4, 0.5) is 0 Å². The Bertz CT molecular complexity index is 174. The molecule has 0 spiro atoms. The SMILES string of the molecule is O=C1C(O)C/C=C\CCC1O. The molecular weight excluding hydrogens is 144 g/mol. The first-order valence-electron chi connectivity index (χ1n) is 3.76. The highest BCUT2D eigenvalue weighted by molar-refractivity contribution is 5.87. The summed E-state index contributed by atoms with van der Waals surface area (Å²) in [6, 6.07) is 0. The molecule has 0 saturated heterocycles. The number of Topliss-reactive ketones (excluding diaryl/α,β-unsaturated/α-hetero) is 1. The lowest BCUT2D eigenvalue weighted by molar-refractivity contribution is -0.135. The lowest BCUT2D eigenvalue weighted by Crippen LogP contribution is -2.32. The Labute approximate surface area is 65.3 Å². The fourth-order valence-corrected chi connectivity index (χ4v) is 1.08. The largest absolute Gasteiger partial charge is 0.385 e. The second kappa shape index (κ2) is 3.64. The number of carbonyl (C=O) groups is 1. The maximum Gasteiger partial charge on any atom is 0.189 e. The monoisotopic (exact) mass is 156 g/mol. The third-order valence-corrected chi connectivity index (χ3v) is 1.79. The third-order valence-electron chi connectivity index (χ3n) is 1.79. The van der Waals surface area contributed by atoms with Crippen LogP contribution in [0, 0.1) is 0 Å². The normalized spacial score (nSPS) is 36.0. The molecule has 1 aliphatic rings. The van der Waals surface area contributed by atoms with Crippen LogP contribution in [-0.2, 0) is 4.79 Å². The molecule has 0 bridgehead atoms. The average Bonchev–Trinajstić information content (AvgIpc) is 2.00. The lowest BCUT2D eigenvalue weighted by atomic mass is 10.00. The summed E-state index contributed by atoms with van der Waals surface area (Å²) in [6.07, 6.45) is 3.12. The number of aliphatic hydroxyl groups is 2. The molecule has 1 aliphatic carbocycles. The van der Waals surface area contributed by atoms with Gasteiger partial charge in [-0.3, -0.25) is 4.79 Å². The maximum absolute atomic E-state index is 11.0. The minimum absolute atomic E-state index is 0.329. The van der Waals surface area contributed by atoms with E-state index in [-0.39, 0.29) is 0 Å². The van der Waals surface area contributed by atoms with Gasteiger partial charge in [0, 0.05) is 0 Å². The van der Waals surface area contributed by atoms with Crippen molar-refractivity contribution < 1.29 is 15.0 Å². The standard InChI is InChI=1S/C8H12O3/c9-6-4-2-1-3-5-7(10)8(6)11/h1-2,6-7,9-10H,3-5H2/b2-1-. The van der Waals surface area contributed by atoms with Crippen LogP contribution in [0.3, 0.4) is 0 Å². The number of hydrogen-bond acceptors (Lipinski definition) is 3. The highest BCUT2D eigenvalue weighted by Gasteiger charge is 2.22. The number of carbonyl (C=O) groups excluding carboxylic acids is 1. The molecule has 0 fully saturated rings. The van der Waals surface area contributed by atoms with Crippen molar-refractivity contribution in [1.82, 2.24) is 0 Å². The van der Waals surface area contributed by atoms with Crippen molar-refractivity contribution in [3.63, 3.8) is 0 Å². The van der Waals surface area contributed by atoms with Crippen LogP contribution in [0.25, 0.3) is 0 Å². The molecule has 0 radical (unpaired) electrons. The second-order valence-electron chi connectivity index (χ2n) is 2.72. The number of ketones is 1. The molecule has 0 aromatic heterocycles. The molecule has 0 aliphatic heterocycles. The van der Waals surface area contributed by atoms with Crippen LogP contribution < -0.4 is 0 Å². The number of hydrogen-bond donors (Lipinski definition) is 2. The van der Waals surface area contributed by atoms with Crippen molar-refractivity contribution in [3.8, 4) is 0 Å². The first kappa shape index (κ1) is 8.43. The van der Waals surface area contributed by atoms with Gasteiger partial charge in [0.2, 0.25) is 0 Å². The molecule has 3 nitrogen and oxygen atoms in total. The van der Waals surface area contributed by atoms with E-state index in [1.165, 1.54) is 0 Å². The van der Waals surface area contributed by atoms with E-state index in [1.807, 2.05) is 6.08 Å². The Hall–Kier alpha value is -0.670. The second-order valence-corrected chi connectivity index (χ2v) is 2.72. The molecule has 1 rings (SSSR count). The number of rotatable bonds is 0. The molecule has 62 valence electrons. The van der Waals surface area contributed by atoms with E-state index in [2.05, 4.69) is 0 Å². The predicted octanol–water partition coefficient (Wildman–Crippen LogP) is 0.0174. The van der Waals surface area contributed by atoms with Crippen LogP contribution >= 0.6 is 0 Å². The van der Waals surface area contributed by atoms with Crippen molar-refractivity contribution in [1.29, 1.82) is 0 Å². The van der Waals surface area contributed by atoms with Gasteiger partial charge in [0.15, 0.2) is 5.78 Å². The zero-order chi connectivity index (χ0) is 8.27. The molecule has 0 aromatic carbocycles. The van der Waals surface area contributed by atoms with Crippen molar-refractivity contribution in [3.05, 3.63) is 12.2 Å². The fourth-order valence-electron chi connectivity index (χ4n) is 1.08. The number of aliphatic hydroxyl groups excluding tert-OH is 2. The highest BCUT2D eigenvalue weighted by atomic mass is 16.3. The summed E-state index contributed by atoms with van der Waals surface area (Å²) < 4.78 is 0. The van der Waals surface area contributed by atoms with Crippen LogP contribution in [0.5, 0.6) is 0 Å². The molecule has 11 heavy (non-hydrogen) atoms. The minimum atomic E-state index is -1.01. The minimum Gasteiger partial charge on any atom is -0.385 e. The molecule has 2 atom stereocenters. The Kier molecular flexibility index (Phi) is 2.79. The summed E-state index contributed by atoms with van der Waals surface area (Å²) in [5.74, 6) is -0.450. The quantitative estimate of drug-likeness (QED) is 0.486. The summed E-state index contributed by atoms with van der Waals surface area (Å²) >= 11 is 0. The summed E-state index contributed by atoms with van der Waals surface area (Å²) in [5.41, 5.74) is 0. The Balaban J connectivity index is 2.62. The van der Waals surface area contributed by atoms with Crippen molar-refractivity contribution in [2.75, 3.05) is 0 Å². The molecule has 2 unspecified atom stereocenters. The topological polar surface area (TPSA) is 57.5 Å². The van der Waals surface area contributed by atoms with E-state index in [0.717, 1.165) is 0 Å². The van der Waals surface area contributed by atoms with Gasteiger partial charge in [-0.05, 0) is 19.3 Å². The molecule has 3 heteroatoms. The van der Waals surface area contributed by atoms with E-state index < -0.39 is 18.0 Å². The van der Waals surface area contributed by atoms with Gasteiger partial charge < -0.3 is 10.2 Å². The third kappa shape index (κ3) is 2.13.